The summed E-state index contributed by atoms with van der Waals surface area (Å²) >= 11 is 0. The fourth-order valence-electron chi connectivity index (χ4n) is 12.6. The number of benzene rings is 8. The van der Waals surface area contributed by atoms with Crippen LogP contribution >= 0.6 is 0 Å². The first-order valence-corrected chi connectivity index (χ1v) is 24.5. The van der Waals surface area contributed by atoms with Gasteiger partial charge in [0.1, 0.15) is 22.3 Å². The van der Waals surface area contributed by atoms with Crippen LogP contribution in [0.2, 0.25) is 0 Å². The number of hydrogen-bond donors (Lipinski definition) is 1. The van der Waals surface area contributed by atoms with Gasteiger partial charge in [-0.15, -0.1) is 0 Å². The maximum Gasteiger partial charge on any atom is 0.197 e. The number of nitrogens with zero attached hydrogens (tertiary/aromatic N) is 1. The first kappa shape index (κ1) is 40.1. The summed E-state index contributed by atoms with van der Waals surface area (Å²) in [5, 5.41) is 11.0. The molecule has 4 nitrogen and oxygen atoms in total. The van der Waals surface area contributed by atoms with Crippen molar-refractivity contribution in [1.82, 2.24) is 4.57 Å². The van der Waals surface area contributed by atoms with Crippen LogP contribution < -0.4 is 16.2 Å². The summed E-state index contributed by atoms with van der Waals surface area (Å²) in [4.78, 5) is 0. The van der Waals surface area contributed by atoms with Crippen molar-refractivity contribution in [2.75, 3.05) is 5.32 Å². The molecule has 331 valence electrons. The van der Waals surface area contributed by atoms with Crippen molar-refractivity contribution in [1.29, 1.82) is 0 Å². The molecule has 0 atom stereocenters. The van der Waals surface area contributed by atoms with Crippen LogP contribution in [0.5, 0.6) is 0 Å². The first-order chi connectivity index (χ1) is 32.5. The van der Waals surface area contributed by atoms with Crippen molar-refractivity contribution in [3.63, 3.8) is 0 Å². The highest BCUT2D eigenvalue weighted by molar-refractivity contribution is 6.73. The summed E-state index contributed by atoms with van der Waals surface area (Å²) in [6.07, 6.45) is 2.31. The van der Waals surface area contributed by atoms with E-state index in [0.717, 1.165) is 73.8 Å². The van der Waals surface area contributed by atoms with Crippen molar-refractivity contribution in [2.45, 2.75) is 96.8 Å². The van der Waals surface area contributed by atoms with Gasteiger partial charge in [0.2, 0.25) is 0 Å². The maximum absolute atomic E-state index is 6.94. The smallest absolute Gasteiger partial charge is 0.197 e. The van der Waals surface area contributed by atoms with Gasteiger partial charge in [-0.2, -0.15) is 0 Å². The number of para-hydroxylation sites is 1. The average Bonchev–Trinajstić information content (AvgIpc) is 4.02. The van der Waals surface area contributed by atoms with Crippen molar-refractivity contribution < 1.29 is 8.83 Å². The molecule has 0 unspecified atom stereocenters. The van der Waals surface area contributed by atoms with Crippen LogP contribution in [-0.4, -0.2) is 11.8 Å². The second-order valence-corrected chi connectivity index (χ2v) is 23.1. The molecule has 0 saturated heterocycles. The molecule has 3 aromatic heterocycles. The summed E-state index contributed by atoms with van der Waals surface area (Å²) in [7, 11) is 2.47. The van der Waals surface area contributed by atoms with E-state index in [0.29, 0.717) is 0 Å². The molecule has 0 bridgehead atoms. The monoisotopic (exact) mass is 881 g/mol. The van der Waals surface area contributed by atoms with E-state index < -0.39 is 0 Å². The zero-order chi connectivity index (χ0) is 46.4. The second-order valence-electron chi connectivity index (χ2n) is 23.1. The summed E-state index contributed by atoms with van der Waals surface area (Å²) in [6, 6.07) is 50.2. The van der Waals surface area contributed by atoms with Gasteiger partial charge in [-0.05, 0) is 128 Å². The Bertz CT molecular complexity index is 4030. The minimum atomic E-state index is -0.143. The molecule has 0 amide bonds. The van der Waals surface area contributed by atoms with E-state index in [1.54, 1.807) is 0 Å². The normalized spacial score (nSPS) is 16.4. The van der Waals surface area contributed by atoms with Gasteiger partial charge in [-0.25, -0.2) is 0 Å². The highest BCUT2D eigenvalue weighted by atomic mass is 16.3. The topological polar surface area (TPSA) is 43.2 Å². The third kappa shape index (κ3) is 5.45. The van der Waals surface area contributed by atoms with Crippen molar-refractivity contribution in [2.24, 2.45) is 0 Å². The molecule has 0 spiro atoms. The molecule has 11 aromatic rings. The quantitative estimate of drug-likeness (QED) is 0.180. The molecule has 3 aliphatic rings. The lowest BCUT2D eigenvalue weighted by Gasteiger charge is -2.41. The average molecular weight is 882 g/mol. The van der Waals surface area contributed by atoms with Crippen molar-refractivity contribution in [3.05, 3.63) is 161 Å². The summed E-state index contributed by atoms with van der Waals surface area (Å²) in [6.45, 7) is 21.2. The van der Waals surface area contributed by atoms with E-state index in [1.165, 1.54) is 82.8 Å². The number of anilines is 2. The molecule has 0 saturated carbocycles. The molecule has 1 N–H and O–H groups in total. The molecule has 1 aliphatic heterocycles. The Kier molecular flexibility index (Phi) is 7.77. The van der Waals surface area contributed by atoms with E-state index in [2.05, 4.69) is 213 Å². The van der Waals surface area contributed by atoms with Crippen molar-refractivity contribution in [3.8, 4) is 27.9 Å². The van der Waals surface area contributed by atoms with E-state index in [4.69, 9.17) is 8.83 Å². The Balaban J connectivity index is 1.06. The van der Waals surface area contributed by atoms with Gasteiger partial charge >= 0.3 is 0 Å². The largest absolute Gasteiger partial charge is 0.456 e. The second kappa shape index (κ2) is 13.2. The minimum absolute atomic E-state index is 0.0510. The van der Waals surface area contributed by atoms with Gasteiger partial charge in [0.05, 0.1) is 11.2 Å². The lowest BCUT2D eigenvalue weighted by Crippen LogP contribution is -2.37. The molecule has 68 heavy (non-hydrogen) atoms. The minimum Gasteiger partial charge on any atom is -0.456 e. The summed E-state index contributed by atoms with van der Waals surface area (Å²) in [5.74, 6) is 0. The third-order valence-electron chi connectivity index (χ3n) is 16.6. The Labute approximate surface area is 398 Å². The highest BCUT2D eigenvalue weighted by Gasteiger charge is 2.40. The number of aromatic nitrogens is 1. The zero-order valence-corrected chi connectivity index (χ0v) is 40.5. The molecule has 5 heteroatoms. The highest BCUT2D eigenvalue weighted by Crippen LogP contribution is 2.52. The molecule has 8 aromatic carbocycles. The Morgan fingerprint density at radius 2 is 1.19 bits per heavy atom. The van der Waals surface area contributed by atoms with Gasteiger partial charge in [0.15, 0.2) is 7.28 Å². The zero-order valence-electron chi connectivity index (χ0n) is 40.5. The molecule has 2 aliphatic carbocycles. The molecule has 1 radical (unpaired) electrons. The van der Waals surface area contributed by atoms with Gasteiger partial charge in [0, 0.05) is 72.3 Å². The van der Waals surface area contributed by atoms with E-state index in [9.17, 15) is 0 Å². The SMILES string of the molecule is CC(C)(C)c1ccc(Nc2cc3oc4cc5c(cc4c3cc2-c2ccc3c4cc6c(cc4n4c3c2[B]c2cc3c(cc2-4)C(C)(C)c2ccccc2-3)oc2ccccc26)C(C)(C)CCC5(C)C)cc1. The fraction of sp³-hybridized carbons (Fsp3) is 0.238. The predicted octanol–water partition coefficient (Wildman–Crippen LogP) is 15.9. The third-order valence-corrected chi connectivity index (χ3v) is 16.6. The van der Waals surface area contributed by atoms with Crippen LogP contribution in [0, 0.1) is 0 Å². The van der Waals surface area contributed by atoms with Crippen molar-refractivity contribution >= 4 is 95.3 Å². The summed E-state index contributed by atoms with van der Waals surface area (Å²) < 4.78 is 16.1. The standard InChI is InChI=1S/C63H54BN2O2/c1-60(2,3)34-18-20-35(21-19-34)65-51-32-56-44(45-28-48-49(31-55(45)68-56)62(6,7)25-24-61(48,4)5)26-41(51)38-22-23-39-42-27-43-37-15-11-13-17-54(37)67-57(43)33-52(42)66-53-30-47-40(29-50(53)64-58(38)59(39)66)36-14-10-12-16-46(36)63(47,8)9/h10-23,26-33,65H,24-25H2,1-9H3. The van der Waals surface area contributed by atoms with Gasteiger partial charge < -0.3 is 18.7 Å². The summed E-state index contributed by atoms with van der Waals surface area (Å²) in [5.41, 5.74) is 23.6. The Morgan fingerprint density at radius 3 is 1.99 bits per heavy atom. The number of fused-ring (bicyclic) bond motifs is 15. The number of hydrogen-bond acceptors (Lipinski definition) is 3. The van der Waals surface area contributed by atoms with Crippen LogP contribution in [-0.2, 0) is 21.7 Å². The molecular formula is C63H54BN2O2. The van der Waals surface area contributed by atoms with E-state index >= 15 is 0 Å². The maximum atomic E-state index is 6.94. The molecule has 0 fully saturated rings. The van der Waals surface area contributed by atoms with E-state index in [1.807, 2.05) is 0 Å². The van der Waals surface area contributed by atoms with Crippen LogP contribution in [0.25, 0.3) is 93.6 Å². The predicted molar refractivity (Wildman–Crippen MR) is 287 cm³/mol. The van der Waals surface area contributed by atoms with Crippen LogP contribution in [0.1, 0.15) is 103 Å². The van der Waals surface area contributed by atoms with E-state index in [-0.39, 0.29) is 21.7 Å². The number of rotatable bonds is 3. The van der Waals surface area contributed by atoms with Crippen LogP contribution in [0.4, 0.5) is 11.4 Å². The Hall–Kier alpha value is -6.98. The molecule has 4 heterocycles. The fourth-order valence-corrected chi connectivity index (χ4v) is 12.6. The lowest BCUT2D eigenvalue weighted by atomic mass is 9.58. The lowest BCUT2D eigenvalue weighted by molar-refractivity contribution is 0.332. The van der Waals surface area contributed by atoms with Gasteiger partial charge in [0.25, 0.3) is 0 Å². The molecule has 14 rings (SSSR count). The molecular weight excluding hydrogens is 828 g/mol. The van der Waals surface area contributed by atoms with Crippen LogP contribution in [0.15, 0.2) is 142 Å². The first-order valence-electron chi connectivity index (χ1n) is 24.5. The Morgan fingerprint density at radius 1 is 0.515 bits per heavy atom. The van der Waals surface area contributed by atoms with Gasteiger partial charge in [-0.3, -0.25) is 0 Å². The van der Waals surface area contributed by atoms with Crippen LogP contribution in [0.3, 0.4) is 0 Å². The van der Waals surface area contributed by atoms with Gasteiger partial charge in [-0.1, -0.05) is 141 Å². The number of nitrogens with one attached hydrogen (secondary N) is 1. The number of furan rings is 2.